The van der Waals surface area contributed by atoms with Gasteiger partial charge in [0, 0.05) is 43.0 Å². The molecule has 0 aliphatic carbocycles. The Labute approximate surface area is 196 Å². The summed E-state index contributed by atoms with van der Waals surface area (Å²) < 4.78 is 5.60. The molecule has 3 aromatic rings. The first-order valence-corrected chi connectivity index (χ1v) is 11.2. The molecule has 0 radical (unpaired) electrons. The van der Waals surface area contributed by atoms with Gasteiger partial charge in [-0.05, 0) is 42.5 Å². The summed E-state index contributed by atoms with van der Waals surface area (Å²) in [5, 5.41) is 7.26. The van der Waals surface area contributed by atoms with Crippen LogP contribution in [0, 0.1) is 0 Å². The molecule has 2 N–H and O–H groups in total. The van der Waals surface area contributed by atoms with E-state index < -0.39 is 5.91 Å². The lowest BCUT2D eigenvalue weighted by Crippen LogP contribution is -2.48. The summed E-state index contributed by atoms with van der Waals surface area (Å²) in [6.45, 7) is 4.57. The molecule has 2 heterocycles. The fourth-order valence-corrected chi connectivity index (χ4v) is 4.09. The number of benzene rings is 2. The van der Waals surface area contributed by atoms with Crippen molar-refractivity contribution in [2.45, 2.75) is 13.3 Å². The Morgan fingerprint density at radius 3 is 2.56 bits per heavy atom. The Hall–Kier alpha value is -3.10. The van der Waals surface area contributed by atoms with E-state index in [4.69, 9.17) is 28.2 Å². The molecule has 1 aliphatic heterocycles. The Morgan fingerprint density at radius 1 is 1.09 bits per heavy atom. The minimum atomic E-state index is -0.436. The third-order valence-corrected chi connectivity index (χ3v) is 5.80. The number of anilines is 2. The molecule has 0 bridgehead atoms. The number of carbonyl (C=O) groups is 2. The lowest BCUT2D eigenvalue weighted by atomic mass is 10.2. The van der Waals surface area contributed by atoms with Gasteiger partial charge in [-0.1, -0.05) is 36.7 Å². The summed E-state index contributed by atoms with van der Waals surface area (Å²) in [5.41, 5.74) is 2.22. The van der Waals surface area contributed by atoms with Crippen molar-refractivity contribution in [2.24, 2.45) is 0 Å². The fourth-order valence-electron chi connectivity index (χ4n) is 3.72. The smallest absolute Gasteiger partial charge is 0.293 e. The predicted molar refractivity (Wildman–Crippen MR) is 130 cm³/mol. The monoisotopic (exact) mass is 470 g/mol. The molecule has 0 spiro atoms. The van der Waals surface area contributed by atoms with Crippen LogP contribution in [0.15, 0.2) is 52.9 Å². The van der Waals surface area contributed by atoms with Gasteiger partial charge in [-0.2, -0.15) is 0 Å². The maximum Gasteiger partial charge on any atom is 0.293 e. The van der Waals surface area contributed by atoms with Gasteiger partial charge in [-0.15, -0.1) is 0 Å². The van der Waals surface area contributed by atoms with E-state index in [0.29, 0.717) is 48.9 Å². The zero-order valence-corrected chi connectivity index (χ0v) is 19.1. The van der Waals surface area contributed by atoms with E-state index in [2.05, 4.69) is 15.5 Å². The number of hydrogen-bond donors (Lipinski definition) is 2. The summed E-state index contributed by atoms with van der Waals surface area (Å²) in [6.07, 6.45) is 0.507. The van der Waals surface area contributed by atoms with Gasteiger partial charge < -0.3 is 19.5 Å². The summed E-state index contributed by atoms with van der Waals surface area (Å²) in [5.74, 6) is -0.0964. The van der Waals surface area contributed by atoms with E-state index >= 15 is 0 Å². The van der Waals surface area contributed by atoms with Gasteiger partial charge in [0.15, 0.2) is 10.9 Å². The van der Waals surface area contributed by atoms with Crippen LogP contribution in [0.1, 0.15) is 23.9 Å². The average molecular weight is 471 g/mol. The molecule has 1 aliphatic rings. The Morgan fingerprint density at radius 2 is 1.84 bits per heavy atom. The number of nitrogens with zero attached hydrogens (tertiary/aromatic N) is 2. The van der Waals surface area contributed by atoms with Crippen LogP contribution in [-0.4, -0.2) is 48.0 Å². The van der Waals surface area contributed by atoms with Crippen molar-refractivity contribution in [1.29, 1.82) is 0 Å². The number of thiocarbonyl (C=S) groups is 1. The van der Waals surface area contributed by atoms with Crippen LogP contribution in [0.2, 0.25) is 5.02 Å². The molecule has 0 atom stereocenters. The molecule has 2 amide bonds. The van der Waals surface area contributed by atoms with Crippen molar-refractivity contribution >= 4 is 63.1 Å². The van der Waals surface area contributed by atoms with Crippen molar-refractivity contribution in [3.8, 4) is 0 Å². The normalized spacial score (nSPS) is 13.8. The molecule has 1 saturated heterocycles. The highest BCUT2D eigenvalue weighted by atomic mass is 35.5. The molecule has 4 rings (SSSR count). The SMILES string of the molecule is CCC(=O)N1CCN(c2ccc(Cl)cc2NC(=S)NC(=O)c2cc3ccccc3o2)CC1. The predicted octanol–water partition coefficient (Wildman–Crippen LogP) is 4.27. The highest BCUT2D eigenvalue weighted by Gasteiger charge is 2.22. The summed E-state index contributed by atoms with van der Waals surface area (Å²) >= 11 is 11.6. The molecule has 9 heteroatoms. The summed E-state index contributed by atoms with van der Waals surface area (Å²) in [7, 11) is 0. The van der Waals surface area contributed by atoms with E-state index in [1.54, 1.807) is 18.2 Å². The molecule has 2 aromatic carbocycles. The molecular weight excluding hydrogens is 448 g/mol. The van der Waals surface area contributed by atoms with Crippen molar-refractivity contribution in [2.75, 3.05) is 36.4 Å². The maximum atomic E-state index is 12.6. The third kappa shape index (κ3) is 4.87. The first-order valence-electron chi connectivity index (χ1n) is 10.4. The van der Waals surface area contributed by atoms with Crippen LogP contribution in [0.25, 0.3) is 11.0 Å². The van der Waals surface area contributed by atoms with Crippen molar-refractivity contribution in [3.63, 3.8) is 0 Å². The molecule has 0 unspecified atom stereocenters. The van der Waals surface area contributed by atoms with Crippen LogP contribution < -0.4 is 15.5 Å². The highest BCUT2D eigenvalue weighted by Crippen LogP contribution is 2.30. The van der Waals surface area contributed by atoms with Gasteiger partial charge in [0.1, 0.15) is 5.58 Å². The van der Waals surface area contributed by atoms with E-state index in [0.717, 1.165) is 11.1 Å². The zero-order valence-electron chi connectivity index (χ0n) is 17.6. The number of hydrogen-bond acceptors (Lipinski definition) is 5. The molecular formula is C23H23ClN4O3S. The molecule has 1 aromatic heterocycles. The Bertz CT molecular complexity index is 1140. The quantitative estimate of drug-likeness (QED) is 0.554. The van der Waals surface area contributed by atoms with Crippen LogP contribution in [0.4, 0.5) is 11.4 Å². The van der Waals surface area contributed by atoms with Crippen LogP contribution in [-0.2, 0) is 4.79 Å². The lowest BCUT2D eigenvalue weighted by molar-refractivity contribution is -0.131. The van der Waals surface area contributed by atoms with Gasteiger partial charge in [0.25, 0.3) is 5.91 Å². The molecule has 166 valence electrons. The molecule has 32 heavy (non-hydrogen) atoms. The highest BCUT2D eigenvalue weighted by molar-refractivity contribution is 7.80. The van der Waals surface area contributed by atoms with Crippen LogP contribution >= 0.6 is 23.8 Å². The largest absolute Gasteiger partial charge is 0.451 e. The van der Waals surface area contributed by atoms with E-state index in [-0.39, 0.29) is 16.8 Å². The van der Waals surface area contributed by atoms with Gasteiger partial charge in [-0.3, -0.25) is 14.9 Å². The van der Waals surface area contributed by atoms with Gasteiger partial charge in [-0.25, -0.2) is 0 Å². The van der Waals surface area contributed by atoms with Gasteiger partial charge in [0.05, 0.1) is 11.4 Å². The summed E-state index contributed by atoms with van der Waals surface area (Å²) in [6, 6.07) is 14.6. The number of amides is 2. The van der Waals surface area contributed by atoms with Crippen molar-refractivity contribution in [1.82, 2.24) is 10.2 Å². The van der Waals surface area contributed by atoms with E-state index in [9.17, 15) is 9.59 Å². The van der Waals surface area contributed by atoms with E-state index in [1.165, 1.54) is 0 Å². The number of furan rings is 1. The number of carbonyl (C=O) groups excluding carboxylic acids is 2. The Balaban J connectivity index is 1.44. The minimum absolute atomic E-state index is 0.138. The maximum absolute atomic E-state index is 12.6. The third-order valence-electron chi connectivity index (χ3n) is 5.36. The van der Waals surface area contributed by atoms with Crippen molar-refractivity contribution in [3.05, 3.63) is 59.3 Å². The van der Waals surface area contributed by atoms with Gasteiger partial charge >= 0.3 is 0 Å². The second kappa shape index (κ2) is 9.58. The van der Waals surface area contributed by atoms with Crippen LogP contribution in [0.5, 0.6) is 0 Å². The number of rotatable bonds is 4. The van der Waals surface area contributed by atoms with Gasteiger partial charge in [0.2, 0.25) is 5.91 Å². The second-order valence-corrected chi connectivity index (χ2v) is 8.28. The second-order valence-electron chi connectivity index (χ2n) is 7.44. The van der Waals surface area contributed by atoms with Crippen molar-refractivity contribution < 1.29 is 14.0 Å². The zero-order chi connectivity index (χ0) is 22.7. The topological polar surface area (TPSA) is 77.8 Å². The molecule has 1 fully saturated rings. The fraction of sp³-hybridized carbons (Fsp3) is 0.261. The Kier molecular flexibility index (Phi) is 6.62. The number of halogens is 1. The average Bonchev–Trinajstić information content (AvgIpc) is 3.23. The summed E-state index contributed by atoms with van der Waals surface area (Å²) in [4.78, 5) is 28.6. The minimum Gasteiger partial charge on any atom is -0.451 e. The first-order chi connectivity index (χ1) is 15.4. The standard InChI is InChI=1S/C23H23ClN4O3S/c1-2-21(29)28-11-9-27(10-12-28)18-8-7-16(24)14-17(18)25-23(32)26-22(30)20-13-15-5-3-4-6-19(15)31-20/h3-8,13-14H,2,9-12H2,1H3,(H2,25,26,30,32). The molecule has 7 nitrogen and oxygen atoms in total. The lowest BCUT2D eigenvalue weighted by Gasteiger charge is -2.37. The first kappa shape index (κ1) is 22.1. The number of fused-ring (bicyclic) bond motifs is 1. The molecule has 0 saturated carbocycles. The van der Waals surface area contributed by atoms with E-state index in [1.807, 2.05) is 42.2 Å². The number of piperazine rings is 1. The number of nitrogens with one attached hydrogen (secondary N) is 2. The van der Waals surface area contributed by atoms with Crippen LogP contribution in [0.3, 0.4) is 0 Å². The number of para-hydroxylation sites is 1.